The quantitative estimate of drug-likeness (QED) is 0.766. The Morgan fingerprint density at radius 3 is 2.94 bits per heavy atom. The molecule has 2 aromatic heterocycles. The number of nitrogens with zero attached hydrogens (tertiary/aromatic N) is 2. The van der Waals surface area contributed by atoms with E-state index in [4.69, 9.17) is 10.2 Å². The van der Waals surface area contributed by atoms with Crippen LogP contribution in [0.1, 0.15) is 17.3 Å². The highest BCUT2D eigenvalue weighted by molar-refractivity contribution is 5.81. The van der Waals surface area contributed by atoms with E-state index in [9.17, 15) is 0 Å². The molecule has 0 fully saturated rings. The molecule has 1 unspecified atom stereocenters. The van der Waals surface area contributed by atoms with Gasteiger partial charge in [0.1, 0.15) is 5.58 Å². The Labute approximate surface area is 105 Å². The SMILES string of the molecule is Cn1ccc(CC(N)c2coc3ccccc23)n1. The molecule has 0 bridgehead atoms. The van der Waals surface area contributed by atoms with Crippen LogP contribution in [0.2, 0.25) is 0 Å². The van der Waals surface area contributed by atoms with E-state index in [1.165, 1.54) is 0 Å². The Bertz CT molecular complexity index is 668. The lowest BCUT2D eigenvalue weighted by atomic mass is 10.0. The number of hydrogen-bond donors (Lipinski definition) is 1. The summed E-state index contributed by atoms with van der Waals surface area (Å²) < 4.78 is 7.29. The number of benzene rings is 1. The maximum absolute atomic E-state index is 6.24. The van der Waals surface area contributed by atoms with Gasteiger partial charge in [0.05, 0.1) is 12.0 Å². The zero-order valence-electron chi connectivity index (χ0n) is 10.2. The summed E-state index contributed by atoms with van der Waals surface area (Å²) in [4.78, 5) is 0. The van der Waals surface area contributed by atoms with Crippen LogP contribution in [0.3, 0.4) is 0 Å². The highest BCUT2D eigenvalue weighted by atomic mass is 16.3. The number of nitrogens with two attached hydrogens (primary N) is 1. The number of rotatable bonds is 3. The standard InChI is InChI=1S/C14H15N3O/c1-17-7-6-10(16-17)8-13(15)12-9-18-14-5-3-2-4-11(12)14/h2-7,9,13H,8,15H2,1H3. The molecule has 18 heavy (non-hydrogen) atoms. The van der Waals surface area contributed by atoms with Crippen molar-refractivity contribution >= 4 is 11.0 Å². The molecule has 2 heterocycles. The van der Waals surface area contributed by atoms with Gasteiger partial charge in [-0.25, -0.2) is 0 Å². The summed E-state index contributed by atoms with van der Waals surface area (Å²) in [6.45, 7) is 0. The van der Waals surface area contributed by atoms with E-state index < -0.39 is 0 Å². The molecule has 3 aromatic rings. The molecule has 0 saturated heterocycles. The first-order valence-corrected chi connectivity index (χ1v) is 5.94. The number of para-hydroxylation sites is 1. The van der Waals surface area contributed by atoms with Crippen molar-refractivity contribution in [1.29, 1.82) is 0 Å². The smallest absolute Gasteiger partial charge is 0.134 e. The average molecular weight is 241 g/mol. The third kappa shape index (κ3) is 1.91. The Hall–Kier alpha value is -2.07. The largest absolute Gasteiger partial charge is 0.464 e. The first-order chi connectivity index (χ1) is 8.74. The third-order valence-corrected chi connectivity index (χ3v) is 3.11. The molecule has 4 nitrogen and oxygen atoms in total. The number of aromatic nitrogens is 2. The van der Waals surface area contributed by atoms with Gasteiger partial charge in [0.2, 0.25) is 0 Å². The Morgan fingerprint density at radius 2 is 2.17 bits per heavy atom. The molecule has 2 N–H and O–H groups in total. The summed E-state index contributed by atoms with van der Waals surface area (Å²) in [7, 11) is 1.91. The maximum atomic E-state index is 6.24. The molecule has 0 radical (unpaired) electrons. The van der Waals surface area contributed by atoms with E-state index in [-0.39, 0.29) is 6.04 Å². The van der Waals surface area contributed by atoms with E-state index in [2.05, 4.69) is 5.10 Å². The second-order valence-electron chi connectivity index (χ2n) is 4.48. The molecular weight excluding hydrogens is 226 g/mol. The lowest BCUT2D eigenvalue weighted by molar-refractivity contribution is 0.596. The topological polar surface area (TPSA) is 57.0 Å². The fourth-order valence-corrected chi connectivity index (χ4v) is 2.19. The van der Waals surface area contributed by atoms with Crippen LogP contribution in [0.4, 0.5) is 0 Å². The third-order valence-electron chi connectivity index (χ3n) is 3.11. The molecule has 1 atom stereocenters. The van der Waals surface area contributed by atoms with Crippen molar-refractivity contribution < 1.29 is 4.42 Å². The van der Waals surface area contributed by atoms with Crippen LogP contribution in [0.5, 0.6) is 0 Å². The van der Waals surface area contributed by atoms with Crippen molar-refractivity contribution in [2.75, 3.05) is 0 Å². The van der Waals surface area contributed by atoms with Gasteiger partial charge in [-0.1, -0.05) is 18.2 Å². The molecular formula is C14H15N3O. The minimum atomic E-state index is -0.0939. The summed E-state index contributed by atoms with van der Waals surface area (Å²) >= 11 is 0. The van der Waals surface area contributed by atoms with Crippen LogP contribution in [-0.2, 0) is 13.5 Å². The van der Waals surface area contributed by atoms with Crippen LogP contribution < -0.4 is 5.73 Å². The zero-order chi connectivity index (χ0) is 12.5. The highest BCUT2D eigenvalue weighted by Crippen LogP contribution is 2.26. The summed E-state index contributed by atoms with van der Waals surface area (Å²) in [6, 6.07) is 9.83. The van der Waals surface area contributed by atoms with Crippen LogP contribution in [0, 0.1) is 0 Å². The van der Waals surface area contributed by atoms with Crippen molar-refractivity contribution in [1.82, 2.24) is 9.78 Å². The molecule has 4 heteroatoms. The van der Waals surface area contributed by atoms with E-state index in [0.29, 0.717) is 6.42 Å². The van der Waals surface area contributed by atoms with Crippen molar-refractivity contribution in [3.63, 3.8) is 0 Å². The van der Waals surface area contributed by atoms with Gasteiger partial charge in [0, 0.05) is 36.7 Å². The minimum Gasteiger partial charge on any atom is -0.464 e. The summed E-state index contributed by atoms with van der Waals surface area (Å²) in [5.74, 6) is 0. The highest BCUT2D eigenvalue weighted by Gasteiger charge is 2.14. The maximum Gasteiger partial charge on any atom is 0.134 e. The van der Waals surface area contributed by atoms with E-state index in [0.717, 1.165) is 22.2 Å². The van der Waals surface area contributed by atoms with Gasteiger partial charge in [-0.3, -0.25) is 4.68 Å². The van der Waals surface area contributed by atoms with E-state index in [1.54, 1.807) is 10.9 Å². The van der Waals surface area contributed by atoms with Crippen molar-refractivity contribution in [3.8, 4) is 0 Å². The Morgan fingerprint density at radius 1 is 1.33 bits per heavy atom. The van der Waals surface area contributed by atoms with Gasteiger partial charge in [0.25, 0.3) is 0 Å². The fourth-order valence-electron chi connectivity index (χ4n) is 2.19. The fraction of sp³-hybridized carbons (Fsp3) is 0.214. The second kappa shape index (κ2) is 4.31. The van der Waals surface area contributed by atoms with Gasteiger partial charge in [0.15, 0.2) is 0 Å². The number of hydrogen-bond acceptors (Lipinski definition) is 3. The summed E-state index contributed by atoms with van der Waals surface area (Å²) in [6.07, 6.45) is 4.39. The molecule has 0 aliphatic heterocycles. The average Bonchev–Trinajstić information content (AvgIpc) is 2.95. The first kappa shape index (κ1) is 11.0. The normalized spacial score (nSPS) is 13.0. The number of furan rings is 1. The predicted octanol–water partition coefficient (Wildman–Crippen LogP) is 2.41. The van der Waals surface area contributed by atoms with Gasteiger partial charge < -0.3 is 10.2 Å². The van der Waals surface area contributed by atoms with Crippen LogP contribution in [-0.4, -0.2) is 9.78 Å². The van der Waals surface area contributed by atoms with Crippen molar-refractivity contribution in [2.24, 2.45) is 12.8 Å². The summed E-state index contributed by atoms with van der Waals surface area (Å²) in [5, 5.41) is 5.43. The molecule has 0 saturated carbocycles. The molecule has 0 aliphatic carbocycles. The molecule has 0 aliphatic rings. The van der Waals surface area contributed by atoms with E-state index in [1.807, 2.05) is 43.6 Å². The van der Waals surface area contributed by atoms with Gasteiger partial charge in [-0.05, 0) is 12.1 Å². The lowest BCUT2D eigenvalue weighted by Gasteiger charge is -2.07. The van der Waals surface area contributed by atoms with Crippen LogP contribution in [0.25, 0.3) is 11.0 Å². The van der Waals surface area contributed by atoms with Crippen molar-refractivity contribution in [2.45, 2.75) is 12.5 Å². The zero-order valence-corrected chi connectivity index (χ0v) is 10.2. The second-order valence-corrected chi connectivity index (χ2v) is 4.48. The van der Waals surface area contributed by atoms with Gasteiger partial charge in [-0.15, -0.1) is 0 Å². The molecule has 1 aromatic carbocycles. The van der Waals surface area contributed by atoms with Crippen molar-refractivity contribution in [3.05, 3.63) is 54.0 Å². The Kier molecular flexibility index (Phi) is 2.64. The molecule has 3 rings (SSSR count). The lowest BCUT2D eigenvalue weighted by Crippen LogP contribution is -2.13. The molecule has 0 spiro atoms. The molecule has 0 amide bonds. The van der Waals surface area contributed by atoms with Gasteiger partial charge in [-0.2, -0.15) is 5.10 Å². The van der Waals surface area contributed by atoms with Gasteiger partial charge >= 0.3 is 0 Å². The minimum absolute atomic E-state index is 0.0939. The summed E-state index contributed by atoms with van der Waals surface area (Å²) in [5.41, 5.74) is 9.15. The number of aryl methyl sites for hydroxylation is 1. The monoisotopic (exact) mass is 241 g/mol. The first-order valence-electron chi connectivity index (χ1n) is 5.94. The Balaban J connectivity index is 1.90. The van der Waals surface area contributed by atoms with Crippen LogP contribution >= 0.6 is 0 Å². The van der Waals surface area contributed by atoms with Crippen LogP contribution in [0.15, 0.2) is 47.2 Å². The molecule has 92 valence electrons. The van der Waals surface area contributed by atoms with E-state index >= 15 is 0 Å². The number of fused-ring (bicyclic) bond motifs is 1. The predicted molar refractivity (Wildman–Crippen MR) is 70.1 cm³/mol.